The first kappa shape index (κ1) is 17.9. The fourth-order valence-corrected chi connectivity index (χ4v) is 2.87. The lowest BCUT2D eigenvalue weighted by Crippen LogP contribution is -2.38. The monoisotopic (exact) mass is 256 g/mol. The van der Waals surface area contributed by atoms with Crippen LogP contribution in [0.4, 0.5) is 0 Å². The van der Waals surface area contributed by atoms with Gasteiger partial charge in [0.1, 0.15) is 0 Å². The van der Waals surface area contributed by atoms with E-state index in [1.807, 2.05) is 0 Å². The van der Waals surface area contributed by atoms with Crippen molar-refractivity contribution >= 4 is 0 Å². The van der Waals surface area contributed by atoms with Gasteiger partial charge in [0.15, 0.2) is 0 Å². The summed E-state index contributed by atoms with van der Waals surface area (Å²) in [5.74, 6) is 0. The van der Waals surface area contributed by atoms with E-state index in [9.17, 15) is 0 Å². The van der Waals surface area contributed by atoms with Crippen molar-refractivity contribution in [2.24, 2.45) is 0 Å². The van der Waals surface area contributed by atoms with E-state index in [0.717, 1.165) is 6.04 Å². The Morgan fingerprint density at radius 3 is 1.94 bits per heavy atom. The molecule has 0 aromatic carbocycles. The van der Waals surface area contributed by atoms with Gasteiger partial charge in [0.2, 0.25) is 0 Å². The zero-order chi connectivity index (χ0) is 14.0. The Labute approximate surface area is 116 Å². The summed E-state index contributed by atoms with van der Waals surface area (Å²) in [7, 11) is 0. The van der Waals surface area contributed by atoms with Crippen molar-refractivity contribution in [3.63, 3.8) is 0 Å². The summed E-state index contributed by atoms with van der Waals surface area (Å²) in [6, 6.07) is 1.41. The second-order valence-corrected chi connectivity index (χ2v) is 5.70. The van der Waals surface area contributed by atoms with Crippen LogP contribution < -0.4 is 0 Å². The van der Waals surface area contributed by atoms with E-state index in [4.69, 9.17) is 0 Å². The predicted molar refractivity (Wildman–Crippen MR) is 83.2 cm³/mol. The van der Waals surface area contributed by atoms with Crippen LogP contribution in [0.2, 0.25) is 0 Å². The molecule has 1 atom stereocenters. The minimum Gasteiger partial charge on any atom is -0.304 e. The van der Waals surface area contributed by atoms with Crippen molar-refractivity contribution in [3.05, 3.63) is 0 Å². The molecule has 0 rings (SSSR count). The van der Waals surface area contributed by atoms with Crippen molar-refractivity contribution in [2.45, 2.75) is 79.3 Å². The maximum Gasteiger partial charge on any atom is 0.00695 e. The molecule has 0 radical (unpaired) electrons. The smallest absolute Gasteiger partial charge is 0.00695 e. The molecule has 0 bridgehead atoms. The van der Waals surface area contributed by atoms with Crippen LogP contribution in [0.1, 0.15) is 67.2 Å². The Morgan fingerprint density at radius 1 is 0.833 bits per heavy atom. The Balaban J connectivity index is 3.76. The van der Waals surface area contributed by atoms with Gasteiger partial charge in [-0.15, -0.1) is 0 Å². The van der Waals surface area contributed by atoms with Crippen LogP contribution in [0.5, 0.6) is 0 Å². The van der Waals surface area contributed by atoms with E-state index in [1.54, 1.807) is 0 Å². The van der Waals surface area contributed by atoms with Gasteiger partial charge in [-0.25, -0.2) is 0 Å². The van der Waals surface area contributed by atoms with E-state index in [-0.39, 0.29) is 0 Å². The molecule has 0 saturated heterocycles. The maximum atomic E-state index is 2.60. The number of unbranched alkanes of at least 4 members (excludes halogenated alkanes) is 1. The van der Waals surface area contributed by atoms with Gasteiger partial charge in [-0.3, -0.25) is 4.90 Å². The first-order valence-electron chi connectivity index (χ1n) is 8.04. The first-order valence-corrected chi connectivity index (χ1v) is 8.04. The van der Waals surface area contributed by atoms with Crippen molar-refractivity contribution in [3.8, 4) is 0 Å². The fraction of sp³-hybridized carbons (Fsp3) is 1.00. The molecule has 0 aliphatic rings. The standard InChI is InChI=1S/C16H36N2/c1-7-13-17(8-2)14-11-10-12-16(6)18(9-3)15(4)5/h15-16H,7-14H2,1-6H3. The Hall–Kier alpha value is -0.0800. The minimum absolute atomic E-state index is 0.678. The van der Waals surface area contributed by atoms with Gasteiger partial charge in [0, 0.05) is 12.1 Å². The molecule has 110 valence electrons. The van der Waals surface area contributed by atoms with Crippen LogP contribution in [0.25, 0.3) is 0 Å². The number of rotatable bonds is 11. The van der Waals surface area contributed by atoms with E-state index >= 15 is 0 Å². The molecule has 0 fully saturated rings. The Kier molecular flexibility index (Phi) is 10.8. The summed E-state index contributed by atoms with van der Waals surface area (Å²) >= 11 is 0. The summed E-state index contributed by atoms with van der Waals surface area (Å²) in [4.78, 5) is 5.17. The normalized spacial score (nSPS) is 13.8. The average molecular weight is 256 g/mol. The van der Waals surface area contributed by atoms with E-state index in [1.165, 1.54) is 51.9 Å². The molecule has 0 amide bonds. The summed E-state index contributed by atoms with van der Waals surface area (Å²) in [6.45, 7) is 18.7. The van der Waals surface area contributed by atoms with Crippen LogP contribution >= 0.6 is 0 Å². The van der Waals surface area contributed by atoms with Crippen molar-refractivity contribution in [1.82, 2.24) is 9.80 Å². The zero-order valence-corrected chi connectivity index (χ0v) is 13.7. The topological polar surface area (TPSA) is 6.48 Å². The quantitative estimate of drug-likeness (QED) is 0.515. The highest BCUT2D eigenvalue weighted by atomic mass is 15.2. The Morgan fingerprint density at radius 2 is 1.50 bits per heavy atom. The van der Waals surface area contributed by atoms with Gasteiger partial charge < -0.3 is 4.90 Å². The van der Waals surface area contributed by atoms with Crippen LogP contribution in [-0.4, -0.2) is 48.1 Å². The highest BCUT2D eigenvalue weighted by Gasteiger charge is 2.14. The van der Waals surface area contributed by atoms with Crippen LogP contribution in [0, 0.1) is 0 Å². The molecular formula is C16H36N2. The molecular weight excluding hydrogens is 220 g/mol. The van der Waals surface area contributed by atoms with Gasteiger partial charge in [0.05, 0.1) is 0 Å². The molecule has 2 nitrogen and oxygen atoms in total. The summed E-state index contributed by atoms with van der Waals surface area (Å²) < 4.78 is 0. The van der Waals surface area contributed by atoms with Crippen LogP contribution in [0.15, 0.2) is 0 Å². The first-order chi connectivity index (χ1) is 8.56. The second-order valence-electron chi connectivity index (χ2n) is 5.70. The SMILES string of the molecule is CCCN(CC)CCCCC(C)N(CC)C(C)C. The van der Waals surface area contributed by atoms with E-state index in [0.29, 0.717) is 6.04 Å². The molecule has 0 saturated carbocycles. The van der Waals surface area contributed by atoms with Crippen LogP contribution in [0.3, 0.4) is 0 Å². The zero-order valence-electron chi connectivity index (χ0n) is 13.7. The number of hydrogen-bond acceptors (Lipinski definition) is 2. The van der Waals surface area contributed by atoms with Crippen molar-refractivity contribution < 1.29 is 0 Å². The molecule has 1 unspecified atom stereocenters. The van der Waals surface area contributed by atoms with E-state index < -0.39 is 0 Å². The third-order valence-corrected chi connectivity index (χ3v) is 3.93. The molecule has 0 aliphatic carbocycles. The average Bonchev–Trinajstić information content (AvgIpc) is 2.33. The minimum atomic E-state index is 0.678. The van der Waals surface area contributed by atoms with Gasteiger partial charge >= 0.3 is 0 Å². The van der Waals surface area contributed by atoms with Gasteiger partial charge in [0.25, 0.3) is 0 Å². The fourth-order valence-electron chi connectivity index (χ4n) is 2.87. The maximum absolute atomic E-state index is 2.60. The van der Waals surface area contributed by atoms with Crippen LogP contribution in [-0.2, 0) is 0 Å². The number of nitrogens with zero attached hydrogens (tertiary/aromatic N) is 2. The third-order valence-electron chi connectivity index (χ3n) is 3.93. The largest absolute Gasteiger partial charge is 0.304 e. The van der Waals surface area contributed by atoms with Gasteiger partial charge in [-0.1, -0.05) is 27.2 Å². The molecule has 0 aromatic rings. The highest BCUT2D eigenvalue weighted by Crippen LogP contribution is 2.12. The lowest BCUT2D eigenvalue weighted by molar-refractivity contribution is 0.161. The van der Waals surface area contributed by atoms with Gasteiger partial charge in [-0.2, -0.15) is 0 Å². The van der Waals surface area contributed by atoms with E-state index in [2.05, 4.69) is 51.3 Å². The summed E-state index contributed by atoms with van der Waals surface area (Å²) in [5, 5.41) is 0. The van der Waals surface area contributed by atoms with Crippen molar-refractivity contribution in [1.29, 1.82) is 0 Å². The lowest BCUT2D eigenvalue weighted by Gasteiger charge is -2.31. The summed E-state index contributed by atoms with van der Waals surface area (Å²) in [5.41, 5.74) is 0. The molecule has 0 heterocycles. The number of hydrogen-bond donors (Lipinski definition) is 0. The Bertz CT molecular complexity index is 180. The molecule has 18 heavy (non-hydrogen) atoms. The lowest BCUT2D eigenvalue weighted by atomic mass is 10.1. The van der Waals surface area contributed by atoms with Gasteiger partial charge in [-0.05, 0) is 66.2 Å². The molecule has 0 spiro atoms. The highest BCUT2D eigenvalue weighted by molar-refractivity contribution is 4.70. The molecule has 0 aliphatic heterocycles. The second kappa shape index (κ2) is 10.8. The van der Waals surface area contributed by atoms with Crippen molar-refractivity contribution in [2.75, 3.05) is 26.2 Å². The third kappa shape index (κ3) is 7.38. The molecule has 0 aromatic heterocycles. The summed E-state index contributed by atoms with van der Waals surface area (Å²) in [6.07, 6.45) is 5.34. The predicted octanol–water partition coefficient (Wildman–Crippen LogP) is 4.01. The molecule has 2 heteroatoms. The molecule has 0 N–H and O–H groups in total.